The van der Waals surface area contributed by atoms with Gasteiger partial charge in [0.05, 0.1) is 17.1 Å². The molecular formula is C11H14N2O4. The van der Waals surface area contributed by atoms with Crippen molar-refractivity contribution in [3.8, 4) is 0 Å². The van der Waals surface area contributed by atoms with Crippen molar-refractivity contribution in [3.63, 3.8) is 0 Å². The highest BCUT2D eigenvalue weighted by atomic mass is 16.6. The highest BCUT2D eigenvalue weighted by Gasteiger charge is 2.33. The number of anilines is 1. The Morgan fingerprint density at radius 2 is 1.94 bits per heavy atom. The first-order chi connectivity index (χ1) is 8.00. The Hall–Kier alpha value is -1.66. The Morgan fingerprint density at radius 1 is 1.35 bits per heavy atom. The lowest BCUT2D eigenvalue weighted by Crippen LogP contribution is -2.22. The Kier molecular flexibility index (Phi) is 2.99. The molecule has 2 atom stereocenters. The van der Waals surface area contributed by atoms with Gasteiger partial charge in [0.1, 0.15) is 5.69 Å². The molecule has 2 rings (SSSR count). The second-order valence-electron chi connectivity index (χ2n) is 4.24. The number of para-hydroxylation sites is 1. The summed E-state index contributed by atoms with van der Waals surface area (Å²) in [5.74, 6) is 0. The molecule has 0 radical (unpaired) electrons. The van der Waals surface area contributed by atoms with E-state index in [4.69, 9.17) is 0 Å². The molecule has 92 valence electrons. The van der Waals surface area contributed by atoms with E-state index in [1.54, 1.807) is 30.0 Å². The minimum absolute atomic E-state index is 0.0359. The molecular weight excluding hydrogens is 224 g/mol. The molecule has 1 aliphatic heterocycles. The summed E-state index contributed by atoms with van der Waals surface area (Å²) in [7, 11) is 0. The van der Waals surface area contributed by atoms with Crippen LogP contribution in [0.25, 0.3) is 0 Å². The van der Waals surface area contributed by atoms with E-state index in [-0.39, 0.29) is 18.8 Å². The molecule has 2 unspecified atom stereocenters. The van der Waals surface area contributed by atoms with Gasteiger partial charge in [-0.25, -0.2) is 0 Å². The smallest absolute Gasteiger partial charge is 0.295 e. The zero-order valence-corrected chi connectivity index (χ0v) is 9.41. The maximum Gasteiger partial charge on any atom is 0.295 e. The van der Waals surface area contributed by atoms with Crippen molar-refractivity contribution in [2.24, 2.45) is 0 Å². The summed E-state index contributed by atoms with van der Waals surface area (Å²) < 4.78 is 0. The predicted octanol–water partition coefficient (Wildman–Crippen LogP) is 0.445. The number of rotatable bonds is 2. The van der Waals surface area contributed by atoms with Crippen LogP contribution in [-0.4, -0.2) is 40.4 Å². The first-order valence-corrected chi connectivity index (χ1v) is 5.36. The molecule has 0 aliphatic carbocycles. The van der Waals surface area contributed by atoms with Gasteiger partial charge in [-0.05, 0) is 13.0 Å². The van der Waals surface area contributed by atoms with Crippen molar-refractivity contribution < 1.29 is 15.1 Å². The van der Waals surface area contributed by atoms with Crippen LogP contribution in [0.1, 0.15) is 5.56 Å². The summed E-state index contributed by atoms with van der Waals surface area (Å²) in [4.78, 5) is 12.2. The Balaban J connectivity index is 2.39. The van der Waals surface area contributed by atoms with E-state index in [1.807, 2.05) is 0 Å². The van der Waals surface area contributed by atoms with Gasteiger partial charge < -0.3 is 15.1 Å². The highest BCUT2D eigenvalue weighted by Crippen LogP contribution is 2.33. The predicted molar refractivity (Wildman–Crippen MR) is 62.1 cm³/mol. The first kappa shape index (κ1) is 11.8. The normalized spacial score (nSPS) is 24.1. The average molecular weight is 238 g/mol. The fourth-order valence-electron chi connectivity index (χ4n) is 2.10. The fraction of sp³-hybridized carbons (Fsp3) is 0.455. The van der Waals surface area contributed by atoms with Crippen LogP contribution in [0.4, 0.5) is 11.4 Å². The Labute approximate surface area is 98.3 Å². The van der Waals surface area contributed by atoms with Crippen LogP contribution >= 0.6 is 0 Å². The van der Waals surface area contributed by atoms with Crippen LogP contribution in [0.5, 0.6) is 0 Å². The maximum atomic E-state index is 11.0. The van der Waals surface area contributed by atoms with Crippen molar-refractivity contribution in [1.82, 2.24) is 0 Å². The molecule has 0 bridgehead atoms. The van der Waals surface area contributed by atoms with E-state index in [9.17, 15) is 20.3 Å². The number of β-amino-alcohol motifs (C(OH)–C–C–N with tert-alkyl or cyclic N) is 2. The van der Waals surface area contributed by atoms with Crippen LogP contribution in [0.3, 0.4) is 0 Å². The van der Waals surface area contributed by atoms with Crippen LogP contribution in [0.2, 0.25) is 0 Å². The van der Waals surface area contributed by atoms with Gasteiger partial charge in [0, 0.05) is 18.7 Å². The SMILES string of the molecule is Cc1cccc(N2CC(O)C(O)C2)c1[N+](=O)[O-]. The topological polar surface area (TPSA) is 86.8 Å². The van der Waals surface area contributed by atoms with E-state index in [1.165, 1.54) is 0 Å². The standard InChI is InChI=1S/C11H14N2O4/c1-7-3-2-4-8(11(7)13(16)17)12-5-9(14)10(15)6-12/h2-4,9-10,14-15H,5-6H2,1H3. The van der Waals surface area contributed by atoms with Gasteiger partial charge in [0.15, 0.2) is 0 Å². The van der Waals surface area contributed by atoms with Crippen LogP contribution < -0.4 is 4.90 Å². The number of aliphatic hydroxyl groups excluding tert-OH is 2. The van der Waals surface area contributed by atoms with Gasteiger partial charge in [0.2, 0.25) is 0 Å². The Bertz CT molecular complexity index is 439. The third-order valence-corrected chi connectivity index (χ3v) is 3.00. The highest BCUT2D eigenvalue weighted by molar-refractivity contribution is 5.67. The van der Waals surface area contributed by atoms with Gasteiger partial charge in [-0.1, -0.05) is 12.1 Å². The van der Waals surface area contributed by atoms with E-state index in [0.29, 0.717) is 11.3 Å². The number of hydrogen-bond donors (Lipinski definition) is 2. The minimum atomic E-state index is -0.852. The van der Waals surface area contributed by atoms with E-state index < -0.39 is 17.1 Å². The van der Waals surface area contributed by atoms with E-state index >= 15 is 0 Å². The van der Waals surface area contributed by atoms with Crippen molar-refractivity contribution in [3.05, 3.63) is 33.9 Å². The van der Waals surface area contributed by atoms with E-state index in [2.05, 4.69) is 0 Å². The number of hydrogen-bond acceptors (Lipinski definition) is 5. The molecule has 1 saturated heterocycles. The molecule has 1 heterocycles. The summed E-state index contributed by atoms with van der Waals surface area (Å²) in [5, 5.41) is 29.9. The Morgan fingerprint density at radius 3 is 2.47 bits per heavy atom. The minimum Gasteiger partial charge on any atom is -0.389 e. The molecule has 0 spiro atoms. The third kappa shape index (κ3) is 2.09. The van der Waals surface area contributed by atoms with E-state index in [0.717, 1.165) is 0 Å². The van der Waals surface area contributed by atoms with Gasteiger partial charge >= 0.3 is 0 Å². The molecule has 1 aliphatic rings. The molecule has 1 fully saturated rings. The average Bonchev–Trinajstić information content (AvgIpc) is 2.58. The summed E-state index contributed by atoms with van der Waals surface area (Å²) in [5.41, 5.74) is 1.06. The van der Waals surface area contributed by atoms with Crippen LogP contribution in [0.15, 0.2) is 18.2 Å². The van der Waals surface area contributed by atoms with Crippen molar-refractivity contribution in [1.29, 1.82) is 0 Å². The first-order valence-electron chi connectivity index (χ1n) is 5.36. The third-order valence-electron chi connectivity index (χ3n) is 3.00. The summed E-state index contributed by atoms with van der Waals surface area (Å²) in [6, 6.07) is 5.04. The molecule has 0 amide bonds. The number of aliphatic hydroxyl groups is 2. The molecule has 6 heteroatoms. The number of nitro groups is 1. The quantitative estimate of drug-likeness (QED) is 0.577. The second-order valence-corrected chi connectivity index (χ2v) is 4.24. The lowest BCUT2D eigenvalue weighted by atomic mass is 10.1. The van der Waals surface area contributed by atoms with Crippen LogP contribution in [0, 0.1) is 17.0 Å². The maximum absolute atomic E-state index is 11.0. The number of nitro benzene ring substituents is 1. The van der Waals surface area contributed by atoms with Gasteiger partial charge in [-0.15, -0.1) is 0 Å². The largest absolute Gasteiger partial charge is 0.389 e. The van der Waals surface area contributed by atoms with Crippen molar-refractivity contribution in [2.75, 3.05) is 18.0 Å². The van der Waals surface area contributed by atoms with Gasteiger partial charge in [-0.2, -0.15) is 0 Å². The second kappa shape index (κ2) is 4.31. The zero-order chi connectivity index (χ0) is 12.6. The zero-order valence-electron chi connectivity index (χ0n) is 9.41. The monoisotopic (exact) mass is 238 g/mol. The summed E-state index contributed by atoms with van der Waals surface area (Å²) in [6.07, 6.45) is -1.70. The van der Waals surface area contributed by atoms with Gasteiger partial charge in [0.25, 0.3) is 5.69 Å². The molecule has 1 aromatic carbocycles. The van der Waals surface area contributed by atoms with Crippen molar-refractivity contribution in [2.45, 2.75) is 19.1 Å². The van der Waals surface area contributed by atoms with Crippen molar-refractivity contribution >= 4 is 11.4 Å². The van der Waals surface area contributed by atoms with Crippen LogP contribution in [-0.2, 0) is 0 Å². The molecule has 17 heavy (non-hydrogen) atoms. The molecule has 6 nitrogen and oxygen atoms in total. The number of benzene rings is 1. The lowest BCUT2D eigenvalue weighted by molar-refractivity contribution is -0.384. The summed E-state index contributed by atoms with van der Waals surface area (Å²) >= 11 is 0. The molecule has 2 N–H and O–H groups in total. The number of nitrogens with zero attached hydrogens (tertiary/aromatic N) is 2. The molecule has 0 aromatic heterocycles. The number of aryl methyl sites for hydroxylation is 1. The molecule has 0 saturated carbocycles. The lowest BCUT2D eigenvalue weighted by Gasteiger charge is -2.18. The fourth-order valence-corrected chi connectivity index (χ4v) is 2.10. The van der Waals surface area contributed by atoms with Gasteiger partial charge in [-0.3, -0.25) is 10.1 Å². The summed E-state index contributed by atoms with van der Waals surface area (Å²) in [6.45, 7) is 2.10. The molecule has 1 aromatic rings.